The Morgan fingerprint density at radius 2 is 2.29 bits per heavy atom. The molecule has 0 spiro atoms. The number of imidazole rings is 1. The van der Waals surface area contributed by atoms with Gasteiger partial charge in [0.15, 0.2) is 0 Å². The molecule has 1 aromatic rings. The first-order valence-corrected chi connectivity index (χ1v) is 4.85. The highest BCUT2D eigenvalue weighted by Gasteiger charge is 2.12. The van der Waals surface area contributed by atoms with Crippen molar-refractivity contribution in [2.45, 2.75) is 26.2 Å². The van der Waals surface area contributed by atoms with E-state index in [9.17, 15) is 4.79 Å². The van der Waals surface area contributed by atoms with Crippen molar-refractivity contribution in [2.75, 3.05) is 0 Å². The highest BCUT2D eigenvalue weighted by atomic mass is 35.5. The molecule has 0 atom stereocenters. The second kappa shape index (κ2) is 4.46. The van der Waals surface area contributed by atoms with Gasteiger partial charge in [0.1, 0.15) is 11.0 Å². The van der Waals surface area contributed by atoms with E-state index < -0.39 is 5.97 Å². The van der Waals surface area contributed by atoms with Gasteiger partial charge in [0.05, 0.1) is 12.1 Å². The SMILES string of the molecule is CCc1nc(CCC(=O)O)c(Cl)n1C. The fraction of sp³-hybridized carbons (Fsp3) is 0.556. The van der Waals surface area contributed by atoms with Gasteiger partial charge in [-0.15, -0.1) is 0 Å². The molecule has 0 fully saturated rings. The topological polar surface area (TPSA) is 55.1 Å². The fourth-order valence-electron chi connectivity index (χ4n) is 1.28. The lowest BCUT2D eigenvalue weighted by molar-refractivity contribution is -0.136. The summed E-state index contributed by atoms with van der Waals surface area (Å²) >= 11 is 5.98. The molecular formula is C9H13ClN2O2. The molecular weight excluding hydrogens is 204 g/mol. The summed E-state index contributed by atoms with van der Waals surface area (Å²) in [6.45, 7) is 1.99. The van der Waals surface area contributed by atoms with Crippen LogP contribution in [0, 0.1) is 0 Å². The third-order valence-corrected chi connectivity index (χ3v) is 2.55. The zero-order valence-electron chi connectivity index (χ0n) is 8.25. The van der Waals surface area contributed by atoms with Crippen molar-refractivity contribution >= 4 is 17.6 Å². The molecule has 0 radical (unpaired) electrons. The van der Waals surface area contributed by atoms with Crippen LogP contribution in [0.4, 0.5) is 0 Å². The van der Waals surface area contributed by atoms with Crippen LogP contribution in [0.15, 0.2) is 0 Å². The molecule has 0 aliphatic rings. The van der Waals surface area contributed by atoms with E-state index in [0.29, 0.717) is 17.3 Å². The zero-order valence-corrected chi connectivity index (χ0v) is 9.01. The first-order valence-electron chi connectivity index (χ1n) is 4.48. The Morgan fingerprint density at radius 1 is 1.64 bits per heavy atom. The maximum atomic E-state index is 10.4. The van der Waals surface area contributed by atoms with E-state index in [1.54, 1.807) is 4.57 Å². The van der Waals surface area contributed by atoms with Crippen LogP contribution in [-0.2, 0) is 24.7 Å². The van der Waals surface area contributed by atoms with E-state index in [1.807, 2.05) is 14.0 Å². The van der Waals surface area contributed by atoms with Crippen LogP contribution in [0.5, 0.6) is 0 Å². The van der Waals surface area contributed by atoms with Crippen LogP contribution >= 0.6 is 11.6 Å². The molecule has 5 heteroatoms. The Morgan fingerprint density at radius 3 is 2.71 bits per heavy atom. The van der Waals surface area contributed by atoms with Gasteiger partial charge in [-0.2, -0.15) is 0 Å². The molecule has 0 aliphatic heterocycles. The second-order valence-corrected chi connectivity index (χ2v) is 3.43. The minimum atomic E-state index is -0.829. The van der Waals surface area contributed by atoms with Crippen LogP contribution in [0.3, 0.4) is 0 Å². The standard InChI is InChI=1S/C9H13ClN2O2/c1-3-7-11-6(4-5-8(13)14)9(10)12(7)2/h3-5H2,1-2H3,(H,13,14). The summed E-state index contributed by atoms with van der Waals surface area (Å²) in [5.74, 6) is 0.0557. The molecule has 0 saturated carbocycles. The third-order valence-electron chi connectivity index (χ3n) is 2.08. The molecule has 1 rings (SSSR count). The Bertz CT molecular complexity index is 347. The number of carboxylic acid groups (broad SMARTS) is 1. The molecule has 0 aromatic carbocycles. The number of carbonyl (C=O) groups is 1. The van der Waals surface area contributed by atoms with E-state index >= 15 is 0 Å². The lowest BCUT2D eigenvalue weighted by Gasteiger charge is -1.97. The zero-order chi connectivity index (χ0) is 10.7. The first-order chi connectivity index (χ1) is 6.56. The van der Waals surface area contributed by atoms with Gasteiger partial charge in [-0.1, -0.05) is 18.5 Å². The van der Waals surface area contributed by atoms with Gasteiger partial charge in [0.2, 0.25) is 0 Å². The minimum absolute atomic E-state index is 0.0693. The molecule has 14 heavy (non-hydrogen) atoms. The number of aromatic nitrogens is 2. The number of hydrogen-bond donors (Lipinski definition) is 1. The van der Waals surface area contributed by atoms with E-state index in [-0.39, 0.29) is 6.42 Å². The van der Waals surface area contributed by atoms with Crippen LogP contribution in [0.25, 0.3) is 0 Å². The Balaban J connectivity index is 2.82. The van der Waals surface area contributed by atoms with Crippen molar-refractivity contribution in [3.8, 4) is 0 Å². The Hall–Kier alpha value is -1.03. The van der Waals surface area contributed by atoms with Gasteiger partial charge in [-0.05, 0) is 0 Å². The normalized spacial score (nSPS) is 10.5. The summed E-state index contributed by atoms with van der Waals surface area (Å²) < 4.78 is 1.79. The van der Waals surface area contributed by atoms with Gasteiger partial charge in [-0.25, -0.2) is 4.98 Å². The van der Waals surface area contributed by atoms with E-state index in [0.717, 1.165) is 12.2 Å². The number of carboxylic acids is 1. The van der Waals surface area contributed by atoms with Gasteiger partial charge in [0.25, 0.3) is 0 Å². The van der Waals surface area contributed by atoms with Crippen LogP contribution in [-0.4, -0.2) is 20.6 Å². The quantitative estimate of drug-likeness (QED) is 0.833. The largest absolute Gasteiger partial charge is 0.481 e. The molecule has 0 aliphatic carbocycles. The number of hydrogen-bond acceptors (Lipinski definition) is 2. The molecule has 1 aromatic heterocycles. The molecule has 0 bridgehead atoms. The summed E-state index contributed by atoms with van der Waals surface area (Å²) in [4.78, 5) is 14.6. The van der Waals surface area contributed by atoms with Crippen molar-refractivity contribution in [3.05, 3.63) is 16.7 Å². The molecule has 78 valence electrons. The van der Waals surface area contributed by atoms with Gasteiger partial charge >= 0.3 is 5.97 Å². The predicted molar refractivity (Wildman–Crippen MR) is 53.6 cm³/mol. The van der Waals surface area contributed by atoms with Gasteiger partial charge in [-0.3, -0.25) is 4.79 Å². The Kier molecular flexibility index (Phi) is 3.52. The summed E-state index contributed by atoms with van der Waals surface area (Å²) in [5.41, 5.74) is 0.674. The van der Waals surface area contributed by atoms with Crippen molar-refractivity contribution < 1.29 is 9.90 Å². The summed E-state index contributed by atoms with van der Waals surface area (Å²) in [7, 11) is 1.83. The van der Waals surface area contributed by atoms with E-state index in [4.69, 9.17) is 16.7 Å². The molecule has 0 saturated heterocycles. The third kappa shape index (κ3) is 2.26. The molecule has 0 amide bonds. The lowest BCUT2D eigenvalue weighted by Crippen LogP contribution is -1.98. The smallest absolute Gasteiger partial charge is 0.303 e. The number of rotatable bonds is 4. The molecule has 4 nitrogen and oxygen atoms in total. The maximum Gasteiger partial charge on any atom is 0.303 e. The first kappa shape index (κ1) is 11.0. The van der Waals surface area contributed by atoms with Gasteiger partial charge in [0, 0.05) is 19.9 Å². The van der Waals surface area contributed by atoms with E-state index in [1.165, 1.54) is 0 Å². The summed E-state index contributed by atoms with van der Waals surface area (Å²) in [6, 6.07) is 0. The highest BCUT2D eigenvalue weighted by Crippen LogP contribution is 2.18. The highest BCUT2D eigenvalue weighted by molar-refractivity contribution is 6.30. The molecule has 1 heterocycles. The minimum Gasteiger partial charge on any atom is -0.481 e. The molecule has 1 N–H and O–H groups in total. The average Bonchev–Trinajstić information content (AvgIpc) is 2.41. The monoisotopic (exact) mass is 216 g/mol. The van der Waals surface area contributed by atoms with Crippen LogP contribution in [0.2, 0.25) is 5.15 Å². The maximum absolute atomic E-state index is 10.4. The molecule has 0 unspecified atom stereocenters. The van der Waals surface area contributed by atoms with Gasteiger partial charge < -0.3 is 9.67 Å². The summed E-state index contributed by atoms with van der Waals surface area (Å²) in [6.07, 6.45) is 1.26. The Labute approximate surface area is 87.5 Å². The fourth-order valence-corrected chi connectivity index (χ4v) is 1.52. The second-order valence-electron chi connectivity index (χ2n) is 3.07. The number of aliphatic carboxylic acids is 1. The van der Waals surface area contributed by atoms with E-state index in [2.05, 4.69) is 4.98 Å². The van der Waals surface area contributed by atoms with Crippen LogP contribution < -0.4 is 0 Å². The average molecular weight is 217 g/mol. The predicted octanol–water partition coefficient (Wildman–Crippen LogP) is 1.65. The number of nitrogens with zero attached hydrogens (tertiary/aromatic N) is 2. The summed E-state index contributed by atoms with van der Waals surface area (Å²) in [5, 5.41) is 9.07. The number of halogens is 1. The van der Waals surface area contributed by atoms with Crippen molar-refractivity contribution in [3.63, 3.8) is 0 Å². The van der Waals surface area contributed by atoms with Crippen molar-refractivity contribution in [1.29, 1.82) is 0 Å². The number of aryl methyl sites for hydroxylation is 2. The van der Waals surface area contributed by atoms with Crippen molar-refractivity contribution in [2.24, 2.45) is 7.05 Å². The lowest BCUT2D eigenvalue weighted by atomic mass is 10.2. The van der Waals surface area contributed by atoms with Crippen molar-refractivity contribution in [1.82, 2.24) is 9.55 Å². The van der Waals surface area contributed by atoms with Crippen LogP contribution in [0.1, 0.15) is 24.9 Å².